The Hall–Kier alpha value is -1.35. The van der Waals surface area contributed by atoms with Crippen molar-refractivity contribution in [3.63, 3.8) is 0 Å². The molecule has 0 aromatic heterocycles. The maximum absolute atomic E-state index is 12.2. The number of benzene rings is 1. The molecule has 0 radical (unpaired) electrons. The van der Waals surface area contributed by atoms with Crippen molar-refractivity contribution in [2.75, 3.05) is 0 Å². The first-order valence-electron chi connectivity index (χ1n) is 7.76. The molecule has 1 aliphatic rings. The quantitative estimate of drug-likeness (QED) is 0.830. The summed E-state index contributed by atoms with van der Waals surface area (Å²) in [6.45, 7) is 2.80. The van der Waals surface area contributed by atoms with E-state index in [1.54, 1.807) is 0 Å². The largest absolute Gasteiger partial charge is 0.353 e. The number of amides is 1. The number of hydrogen-bond donors (Lipinski definition) is 2. The first kappa shape index (κ1) is 15.0. The Morgan fingerprint density at radius 3 is 2.50 bits per heavy atom. The lowest BCUT2D eigenvalue weighted by Gasteiger charge is -2.22. The van der Waals surface area contributed by atoms with Gasteiger partial charge in [-0.2, -0.15) is 0 Å². The topological polar surface area (TPSA) is 55.1 Å². The standard InChI is InChI=1S/C17H26N2O/c1-13-5-3-2-4-6-16(13)19-17(20)11-14-7-9-15(12-18)10-8-14/h7-10,13,16H,2-6,11-12,18H2,1H3,(H,19,20). The van der Waals surface area contributed by atoms with Crippen LogP contribution in [0.5, 0.6) is 0 Å². The molecule has 0 bridgehead atoms. The lowest BCUT2D eigenvalue weighted by Crippen LogP contribution is -2.39. The minimum Gasteiger partial charge on any atom is -0.353 e. The molecule has 2 unspecified atom stereocenters. The number of rotatable bonds is 4. The normalized spacial score (nSPS) is 23.1. The molecule has 1 aliphatic carbocycles. The Labute approximate surface area is 121 Å². The molecule has 1 saturated carbocycles. The van der Waals surface area contributed by atoms with Gasteiger partial charge in [0.15, 0.2) is 0 Å². The van der Waals surface area contributed by atoms with Crippen LogP contribution < -0.4 is 11.1 Å². The van der Waals surface area contributed by atoms with Crippen LogP contribution in [0.1, 0.15) is 50.2 Å². The molecule has 1 amide bonds. The van der Waals surface area contributed by atoms with Gasteiger partial charge in [0.2, 0.25) is 5.91 Å². The van der Waals surface area contributed by atoms with Gasteiger partial charge in [-0.15, -0.1) is 0 Å². The molecule has 2 rings (SSSR count). The van der Waals surface area contributed by atoms with Gasteiger partial charge in [-0.1, -0.05) is 50.5 Å². The van der Waals surface area contributed by atoms with Crippen LogP contribution in [0.2, 0.25) is 0 Å². The van der Waals surface area contributed by atoms with Gasteiger partial charge in [-0.3, -0.25) is 4.79 Å². The fraction of sp³-hybridized carbons (Fsp3) is 0.588. The summed E-state index contributed by atoms with van der Waals surface area (Å²) in [4.78, 5) is 12.2. The minimum atomic E-state index is 0.143. The second-order valence-electron chi connectivity index (χ2n) is 5.99. The number of hydrogen-bond acceptors (Lipinski definition) is 2. The zero-order chi connectivity index (χ0) is 14.4. The highest BCUT2D eigenvalue weighted by Crippen LogP contribution is 2.23. The molecule has 1 fully saturated rings. The summed E-state index contributed by atoms with van der Waals surface area (Å²) < 4.78 is 0. The molecule has 0 spiro atoms. The lowest BCUT2D eigenvalue weighted by atomic mass is 9.96. The second kappa shape index (κ2) is 7.44. The second-order valence-corrected chi connectivity index (χ2v) is 5.99. The predicted octanol–water partition coefficient (Wildman–Crippen LogP) is 2.77. The minimum absolute atomic E-state index is 0.143. The fourth-order valence-corrected chi connectivity index (χ4v) is 2.94. The van der Waals surface area contributed by atoms with Gasteiger partial charge in [-0.25, -0.2) is 0 Å². The molecule has 20 heavy (non-hydrogen) atoms. The first-order chi connectivity index (χ1) is 9.69. The molecule has 1 aromatic rings. The van der Waals surface area contributed by atoms with Crippen molar-refractivity contribution in [1.29, 1.82) is 0 Å². The van der Waals surface area contributed by atoms with Crippen molar-refractivity contribution < 1.29 is 4.79 Å². The van der Waals surface area contributed by atoms with Crippen LogP contribution in [0.4, 0.5) is 0 Å². The summed E-state index contributed by atoms with van der Waals surface area (Å²) in [5.41, 5.74) is 7.74. The molecule has 0 heterocycles. The maximum atomic E-state index is 12.2. The predicted molar refractivity (Wildman–Crippen MR) is 82.2 cm³/mol. The first-order valence-corrected chi connectivity index (χ1v) is 7.76. The Balaban J connectivity index is 1.87. The third-order valence-corrected chi connectivity index (χ3v) is 4.33. The van der Waals surface area contributed by atoms with Crippen molar-refractivity contribution in [3.8, 4) is 0 Å². The summed E-state index contributed by atoms with van der Waals surface area (Å²) >= 11 is 0. The summed E-state index contributed by atoms with van der Waals surface area (Å²) in [5.74, 6) is 0.741. The van der Waals surface area contributed by atoms with E-state index in [4.69, 9.17) is 5.73 Å². The highest BCUT2D eigenvalue weighted by atomic mass is 16.1. The van der Waals surface area contributed by atoms with Crippen molar-refractivity contribution in [1.82, 2.24) is 5.32 Å². The molecule has 3 N–H and O–H groups in total. The Kier molecular flexibility index (Phi) is 5.60. The van der Waals surface area contributed by atoms with Crippen LogP contribution in [0.15, 0.2) is 24.3 Å². The third kappa shape index (κ3) is 4.34. The number of nitrogens with two attached hydrogens (primary N) is 1. The van der Waals surface area contributed by atoms with Crippen LogP contribution >= 0.6 is 0 Å². The molecule has 3 heteroatoms. The molecule has 3 nitrogen and oxygen atoms in total. The van der Waals surface area contributed by atoms with Crippen molar-refractivity contribution >= 4 is 5.91 Å². The van der Waals surface area contributed by atoms with E-state index in [1.165, 1.54) is 25.7 Å². The van der Waals surface area contributed by atoms with E-state index in [9.17, 15) is 4.79 Å². The Morgan fingerprint density at radius 1 is 1.15 bits per heavy atom. The molecule has 0 saturated heterocycles. The molecular formula is C17H26N2O. The van der Waals surface area contributed by atoms with Gasteiger partial charge < -0.3 is 11.1 Å². The number of carbonyl (C=O) groups excluding carboxylic acids is 1. The molecule has 1 aromatic carbocycles. The summed E-state index contributed by atoms with van der Waals surface area (Å²) in [5, 5.41) is 3.22. The van der Waals surface area contributed by atoms with Crippen LogP contribution in [0, 0.1) is 5.92 Å². The highest BCUT2D eigenvalue weighted by molar-refractivity contribution is 5.78. The van der Waals surface area contributed by atoms with Crippen molar-refractivity contribution in [3.05, 3.63) is 35.4 Å². The van der Waals surface area contributed by atoms with Crippen LogP contribution in [-0.2, 0) is 17.8 Å². The average molecular weight is 274 g/mol. The van der Waals surface area contributed by atoms with Crippen molar-refractivity contribution in [2.45, 2.75) is 58.0 Å². The van der Waals surface area contributed by atoms with Gasteiger partial charge in [0, 0.05) is 12.6 Å². The number of carbonyl (C=O) groups is 1. The van der Waals surface area contributed by atoms with Crippen molar-refractivity contribution in [2.24, 2.45) is 11.7 Å². The van der Waals surface area contributed by atoms with Gasteiger partial charge in [-0.05, 0) is 29.9 Å². The fourth-order valence-electron chi connectivity index (χ4n) is 2.94. The van der Waals surface area contributed by atoms with Gasteiger partial charge in [0.1, 0.15) is 0 Å². The summed E-state index contributed by atoms with van der Waals surface area (Å²) in [6, 6.07) is 8.35. The summed E-state index contributed by atoms with van der Waals surface area (Å²) in [6.07, 6.45) is 6.66. The smallest absolute Gasteiger partial charge is 0.224 e. The van der Waals surface area contributed by atoms with E-state index in [-0.39, 0.29) is 5.91 Å². The van der Waals surface area contributed by atoms with E-state index >= 15 is 0 Å². The molecule has 2 atom stereocenters. The SMILES string of the molecule is CC1CCCCCC1NC(=O)Cc1ccc(CN)cc1. The zero-order valence-corrected chi connectivity index (χ0v) is 12.4. The van der Waals surface area contributed by atoms with Crippen LogP contribution in [0.3, 0.4) is 0 Å². The van der Waals surface area contributed by atoms with Crippen LogP contribution in [-0.4, -0.2) is 11.9 Å². The molecule has 0 aliphatic heterocycles. The van der Waals surface area contributed by atoms with Crippen LogP contribution in [0.25, 0.3) is 0 Å². The monoisotopic (exact) mass is 274 g/mol. The van der Waals surface area contributed by atoms with E-state index in [1.807, 2.05) is 24.3 Å². The molecule has 110 valence electrons. The zero-order valence-electron chi connectivity index (χ0n) is 12.4. The van der Waals surface area contributed by atoms with E-state index in [2.05, 4.69) is 12.2 Å². The summed E-state index contributed by atoms with van der Waals surface area (Å²) in [7, 11) is 0. The highest BCUT2D eigenvalue weighted by Gasteiger charge is 2.21. The van der Waals surface area contributed by atoms with E-state index in [0.29, 0.717) is 24.9 Å². The third-order valence-electron chi connectivity index (χ3n) is 4.33. The van der Waals surface area contributed by atoms with Gasteiger partial charge in [0.05, 0.1) is 6.42 Å². The van der Waals surface area contributed by atoms with Gasteiger partial charge in [0.25, 0.3) is 0 Å². The van der Waals surface area contributed by atoms with Gasteiger partial charge >= 0.3 is 0 Å². The van der Waals surface area contributed by atoms with E-state index in [0.717, 1.165) is 17.5 Å². The Bertz CT molecular complexity index is 427. The van der Waals surface area contributed by atoms with E-state index < -0.39 is 0 Å². The number of nitrogens with one attached hydrogen (secondary N) is 1. The Morgan fingerprint density at radius 2 is 1.80 bits per heavy atom. The molecular weight excluding hydrogens is 248 g/mol. The maximum Gasteiger partial charge on any atom is 0.224 e. The average Bonchev–Trinajstić information content (AvgIpc) is 2.65. The lowest BCUT2D eigenvalue weighted by molar-refractivity contribution is -0.121.